The second kappa shape index (κ2) is 6.92. The van der Waals surface area contributed by atoms with Crippen LogP contribution in [-0.2, 0) is 10.0 Å². The molecular formula is C15H17ClN2O5S. The molecular weight excluding hydrogens is 356 g/mol. The highest BCUT2D eigenvalue weighted by atomic mass is 35.5. The Morgan fingerprint density at radius 1 is 1.42 bits per heavy atom. The fraction of sp³-hybridized carbons (Fsp3) is 0.333. The number of carboxylic acid groups (broad SMARTS) is 1. The first kappa shape index (κ1) is 18.4. The molecule has 1 heterocycles. The third kappa shape index (κ3) is 3.61. The van der Waals surface area contributed by atoms with Gasteiger partial charge in [0.2, 0.25) is 10.0 Å². The number of carboxylic acids is 1. The normalized spacial score (nSPS) is 13.0. The summed E-state index contributed by atoms with van der Waals surface area (Å²) in [7, 11) is -4.11. The molecule has 0 fully saturated rings. The van der Waals surface area contributed by atoms with Crippen LogP contribution in [0.15, 0.2) is 27.6 Å². The molecule has 1 aromatic heterocycles. The lowest BCUT2D eigenvalue weighted by atomic mass is 10.0. The van der Waals surface area contributed by atoms with Crippen molar-refractivity contribution in [3.63, 3.8) is 0 Å². The summed E-state index contributed by atoms with van der Waals surface area (Å²) in [5.74, 6) is -0.843. The van der Waals surface area contributed by atoms with Crippen LogP contribution in [0.3, 0.4) is 0 Å². The average molecular weight is 373 g/mol. The van der Waals surface area contributed by atoms with Gasteiger partial charge in [0.1, 0.15) is 5.76 Å². The number of hydrogen-bond acceptors (Lipinski definition) is 5. The molecule has 2 aromatic rings. The van der Waals surface area contributed by atoms with Gasteiger partial charge in [0.05, 0.1) is 22.2 Å². The number of aryl methyl sites for hydroxylation is 2. The monoisotopic (exact) mass is 372 g/mol. The number of carbonyl (C=O) groups is 1. The topological polar surface area (TPSA) is 110 Å². The first-order valence-electron chi connectivity index (χ1n) is 7.15. The van der Waals surface area contributed by atoms with Crippen LogP contribution in [0.4, 0.5) is 0 Å². The third-order valence-corrected chi connectivity index (χ3v) is 5.35. The van der Waals surface area contributed by atoms with Crippen LogP contribution in [0.25, 0.3) is 0 Å². The lowest BCUT2D eigenvalue weighted by Gasteiger charge is -2.18. The molecule has 1 unspecified atom stereocenters. The second-order valence-electron chi connectivity index (χ2n) is 5.27. The molecule has 7 nitrogen and oxygen atoms in total. The number of sulfonamides is 1. The van der Waals surface area contributed by atoms with Gasteiger partial charge in [-0.05, 0) is 38.5 Å². The van der Waals surface area contributed by atoms with E-state index in [9.17, 15) is 18.3 Å². The van der Waals surface area contributed by atoms with Crippen LogP contribution >= 0.6 is 11.6 Å². The number of rotatable bonds is 6. The van der Waals surface area contributed by atoms with Crippen LogP contribution in [0, 0.1) is 13.8 Å². The van der Waals surface area contributed by atoms with Crippen molar-refractivity contribution in [2.24, 2.45) is 0 Å². The summed E-state index contributed by atoms with van der Waals surface area (Å²) in [6.45, 7) is 5.20. The van der Waals surface area contributed by atoms with E-state index >= 15 is 0 Å². The van der Waals surface area contributed by atoms with Gasteiger partial charge in [-0.1, -0.05) is 23.7 Å². The van der Waals surface area contributed by atoms with Gasteiger partial charge in [-0.2, -0.15) is 0 Å². The van der Waals surface area contributed by atoms with Crippen molar-refractivity contribution in [3.8, 4) is 0 Å². The Morgan fingerprint density at radius 3 is 2.58 bits per heavy atom. The van der Waals surface area contributed by atoms with Gasteiger partial charge >= 0.3 is 5.97 Å². The van der Waals surface area contributed by atoms with Gasteiger partial charge < -0.3 is 9.63 Å². The lowest BCUT2D eigenvalue weighted by molar-refractivity contribution is 0.0692. The van der Waals surface area contributed by atoms with Crippen LogP contribution in [0.5, 0.6) is 0 Å². The van der Waals surface area contributed by atoms with Crippen molar-refractivity contribution in [1.29, 1.82) is 0 Å². The van der Waals surface area contributed by atoms with Crippen molar-refractivity contribution in [1.82, 2.24) is 9.88 Å². The zero-order valence-corrected chi connectivity index (χ0v) is 14.9. The fourth-order valence-corrected chi connectivity index (χ4v) is 4.23. The standard InChI is InChI=1S/C15H17ClN2O5S/c1-4-12(14-8(2)17-23-9(14)3)18-24(21,22)13-7-10(16)5-6-11(13)15(19)20/h5-7,12,18H,4H2,1-3H3,(H,19,20). The fourth-order valence-electron chi connectivity index (χ4n) is 2.48. The first-order chi connectivity index (χ1) is 11.2. The van der Waals surface area contributed by atoms with Crippen molar-refractivity contribution >= 4 is 27.6 Å². The molecule has 0 spiro atoms. The summed E-state index contributed by atoms with van der Waals surface area (Å²) in [4.78, 5) is 10.9. The minimum atomic E-state index is -4.11. The summed E-state index contributed by atoms with van der Waals surface area (Å²) in [5, 5.41) is 13.2. The number of nitrogens with one attached hydrogen (secondary N) is 1. The van der Waals surface area contributed by atoms with E-state index in [1.165, 1.54) is 6.07 Å². The van der Waals surface area contributed by atoms with Crippen molar-refractivity contribution in [3.05, 3.63) is 45.8 Å². The van der Waals surface area contributed by atoms with Crippen LogP contribution in [-0.4, -0.2) is 24.7 Å². The Kier molecular flexibility index (Phi) is 5.32. The number of benzene rings is 1. The molecule has 0 radical (unpaired) electrons. The highest BCUT2D eigenvalue weighted by Crippen LogP contribution is 2.28. The Morgan fingerprint density at radius 2 is 2.08 bits per heavy atom. The SMILES string of the molecule is CCC(NS(=O)(=O)c1cc(Cl)ccc1C(=O)O)c1c(C)noc1C. The molecule has 24 heavy (non-hydrogen) atoms. The van der Waals surface area contributed by atoms with Gasteiger partial charge in [0.15, 0.2) is 0 Å². The molecule has 2 rings (SSSR count). The van der Waals surface area contributed by atoms with Crippen LogP contribution in [0.1, 0.15) is 46.8 Å². The number of nitrogens with zero attached hydrogens (tertiary/aromatic N) is 1. The highest BCUT2D eigenvalue weighted by Gasteiger charge is 2.28. The summed E-state index contributed by atoms with van der Waals surface area (Å²) in [6, 6.07) is 3.01. The Bertz CT molecular complexity index is 856. The van der Waals surface area contributed by atoms with E-state index in [0.29, 0.717) is 23.4 Å². The van der Waals surface area contributed by atoms with E-state index in [1.54, 1.807) is 20.8 Å². The number of hydrogen-bond donors (Lipinski definition) is 2. The maximum Gasteiger partial charge on any atom is 0.337 e. The van der Waals surface area contributed by atoms with Crippen molar-refractivity contribution < 1.29 is 22.8 Å². The molecule has 1 atom stereocenters. The molecule has 9 heteroatoms. The lowest BCUT2D eigenvalue weighted by Crippen LogP contribution is -2.30. The maximum atomic E-state index is 12.7. The summed E-state index contributed by atoms with van der Waals surface area (Å²) in [6.07, 6.45) is 0.436. The zero-order chi connectivity index (χ0) is 18.1. The Hall–Kier alpha value is -1.90. The minimum Gasteiger partial charge on any atom is -0.478 e. The summed E-state index contributed by atoms with van der Waals surface area (Å²) >= 11 is 5.84. The highest BCUT2D eigenvalue weighted by molar-refractivity contribution is 7.89. The summed E-state index contributed by atoms with van der Waals surface area (Å²) in [5.41, 5.74) is 0.868. The van der Waals surface area contributed by atoms with Gasteiger partial charge in [0.25, 0.3) is 0 Å². The first-order valence-corrected chi connectivity index (χ1v) is 9.01. The molecule has 0 aliphatic rings. The molecule has 0 saturated carbocycles. The van der Waals surface area contributed by atoms with Gasteiger partial charge in [0, 0.05) is 10.6 Å². The van der Waals surface area contributed by atoms with E-state index in [1.807, 2.05) is 0 Å². The van der Waals surface area contributed by atoms with E-state index in [-0.39, 0.29) is 15.5 Å². The zero-order valence-electron chi connectivity index (χ0n) is 13.3. The van der Waals surface area contributed by atoms with Gasteiger partial charge in [-0.15, -0.1) is 0 Å². The quantitative estimate of drug-likeness (QED) is 0.806. The van der Waals surface area contributed by atoms with E-state index in [0.717, 1.165) is 12.1 Å². The van der Waals surface area contributed by atoms with E-state index < -0.39 is 22.0 Å². The largest absolute Gasteiger partial charge is 0.478 e. The molecule has 0 amide bonds. The van der Waals surface area contributed by atoms with E-state index in [2.05, 4.69) is 9.88 Å². The molecule has 0 aliphatic heterocycles. The van der Waals surface area contributed by atoms with Gasteiger partial charge in [-0.3, -0.25) is 0 Å². The molecule has 0 aliphatic carbocycles. The average Bonchev–Trinajstić information content (AvgIpc) is 2.83. The Labute approximate surface area is 144 Å². The molecule has 130 valence electrons. The maximum absolute atomic E-state index is 12.7. The second-order valence-corrected chi connectivity index (χ2v) is 7.38. The Balaban J connectivity index is 2.48. The van der Waals surface area contributed by atoms with Crippen molar-refractivity contribution in [2.45, 2.75) is 38.1 Å². The number of aromatic carboxylic acids is 1. The van der Waals surface area contributed by atoms with Gasteiger partial charge in [-0.25, -0.2) is 17.9 Å². The summed E-state index contributed by atoms with van der Waals surface area (Å²) < 4.78 is 33.0. The molecule has 0 bridgehead atoms. The van der Waals surface area contributed by atoms with Crippen LogP contribution in [0.2, 0.25) is 5.02 Å². The minimum absolute atomic E-state index is 0.130. The van der Waals surface area contributed by atoms with Crippen LogP contribution < -0.4 is 4.72 Å². The molecule has 0 saturated heterocycles. The predicted octanol–water partition coefficient (Wildman–Crippen LogP) is 3.07. The van der Waals surface area contributed by atoms with E-state index in [4.69, 9.17) is 16.1 Å². The third-order valence-electron chi connectivity index (χ3n) is 3.61. The number of halogens is 1. The van der Waals surface area contributed by atoms with Crippen molar-refractivity contribution in [2.75, 3.05) is 0 Å². The predicted molar refractivity (Wildman–Crippen MR) is 87.7 cm³/mol. The number of aromatic nitrogens is 1. The molecule has 2 N–H and O–H groups in total. The smallest absolute Gasteiger partial charge is 0.337 e. The molecule has 1 aromatic carbocycles.